The van der Waals surface area contributed by atoms with E-state index in [0.29, 0.717) is 5.92 Å². The van der Waals surface area contributed by atoms with Crippen molar-refractivity contribution in [3.63, 3.8) is 0 Å². The summed E-state index contributed by atoms with van der Waals surface area (Å²) in [6.07, 6.45) is 2.31. The number of aliphatic hydroxyl groups excluding tert-OH is 1. The lowest BCUT2D eigenvalue weighted by atomic mass is 9.97. The standard InChI is InChI=1S/C14H22N4OS/c1-11-9-18(3-2-12(11)19)14-8-13(15-10-16-14)17-4-6-20-7-5-17/h8,10-12,19H,2-7,9H2,1H3. The summed E-state index contributed by atoms with van der Waals surface area (Å²) in [5, 5.41) is 9.83. The third kappa shape index (κ3) is 3.01. The van der Waals surface area contributed by atoms with E-state index in [2.05, 4.69) is 32.8 Å². The largest absolute Gasteiger partial charge is 0.393 e. The van der Waals surface area contributed by atoms with Crippen LogP contribution >= 0.6 is 11.8 Å². The first kappa shape index (κ1) is 13.9. The fraction of sp³-hybridized carbons (Fsp3) is 0.714. The lowest BCUT2D eigenvalue weighted by Crippen LogP contribution is -2.42. The van der Waals surface area contributed by atoms with Gasteiger partial charge in [-0.2, -0.15) is 11.8 Å². The molecule has 0 aliphatic carbocycles. The van der Waals surface area contributed by atoms with Crippen molar-refractivity contribution in [3.05, 3.63) is 12.4 Å². The Morgan fingerprint density at radius 3 is 2.55 bits per heavy atom. The number of aliphatic hydroxyl groups is 1. The molecule has 1 aromatic heterocycles. The van der Waals surface area contributed by atoms with E-state index >= 15 is 0 Å². The van der Waals surface area contributed by atoms with Crippen LogP contribution in [0.4, 0.5) is 11.6 Å². The van der Waals surface area contributed by atoms with E-state index in [0.717, 1.165) is 44.2 Å². The summed E-state index contributed by atoms with van der Waals surface area (Å²) in [4.78, 5) is 13.4. The van der Waals surface area contributed by atoms with Gasteiger partial charge in [0.05, 0.1) is 6.10 Å². The lowest BCUT2D eigenvalue weighted by molar-refractivity contribution is 0.0969. The third-order valence-electron chi connectivity index (χ3n) is 4.16. The summed E-state index contributed by atoms with van der Waals surface area (Å²) in [5.74, 6) is 4.67. The summed E-state index contributed by atoms with van der Waals surface area (Å²) in [6, 6.07) is 2.10. The molecule has 0 aromatic carbocycles. The van der Waals surface area contributed by atoms with E-state index in [4.69, 9.17) is 0 Å². The molecule has 0 radical (unpaired) electrons. The van der Waals surface area contributed by atoms with Crippen LogP contribution in [0.5, 0.6) is 0 Å². The monoisotopic (exact) mass is 294 g/mol. The van der Waals surface area contributed by atoms with Crippen LogP contribution in [0.25, 0.3) is 0 Å². The molecule has 2 atom stereocenters. The van der Waals surface area contributed by atoms with Gasteiger partial charge in [0.15, 0.2) is 0 Å². The fourth-order valence-electron chi connectivity index (χ4n) is 2.82. The number of piperidine rings is 1. The van der Waals surface area contributed by atoms with Crippen molar-refractivity contribution in [1.29, 1.82) is 0 Å². The number of thioether (sulfide) groups is 1. The molecule has 0 amide bonds. The van der Waals surface area contributed by atoms with Crippen LogP contribution in [0.3, 0.4) is 0 Å². The summed E-state index contributed by atoms with van der Waals surface area (Å²) < 4.78 is 0. The topological polar surface area (TPSA) is 52.5 Å². The zero-order chi connectivity index (χ0) is 13.9. The molecule has 0 bridgehead atoms. The van der Waals surface area contributed by atoms with E-state index in [9.17, 15) is 5.11 Å². The van der Waals surface area contributed by atoms with Crippen molar-refractivity contribution >= 4 is 23.4 Å². The first-order valence-corrected chi connectivity index (χ1v) is 8.47. The van der Waals surface area contributed by atoms with Crippen LogP contribution < -0.4 is 9.80 Å². The van der Waals surface area contributed by atoms with Crippen molar-refractivity contribution < 1.29 is 5.11 Å². The van der Waals surface area contributed by atoms with Crippen LogP contribution in [-0.2, 0) is 0 Å². The van der Waals surface area contributed by atoms with Crippen molar-refractivity contribution in [2.45, 2.75) is 19.4 Å². The maximum atomic E-state index is 9.83. The second kappa shape index (κ2) is 6.18. The number of aromatic nitrogens is 2. The molecular weight excluding hydrogens is 272 g/mol. The number of hydrogen-bond acceptors (Lipinski definition) is 6. The predicted molar refractivity (Wildman–Crippen MR) is 83.6 cm³/mol. The Morgan fingerprint density at radius 1 is 1.15 bits per heavy atom. The number of hydrogen-bond donors (Lipinski definition) is 1. The van der Waals surface area contributed by atoms with Crippen LogP contribution in [0, 0.1) is 5.92 Å². The van der Waals surface area contributed by atoms with Crippen LogP contribution in [0.15, 0.2) is 12.4 Å². The quantitative estimate of drug-likeness (QED) is 0.885. The summed E-state index contributed by atoms with van der Waals surface area (Å²) in [6.45, 7) is 5.97. The molecular formula is C14H22N4OS. The van der Waals surface area contributed by atoms with Gasteiger partial charge in [-0.25, -0.2) is 9.97 Å². The molecule has 110 valence electrons. The molecule has 2 saturated heterocycles. The Labute approximate surface area is 124 Å². The maximum absolute atomic E-state index is 9.83. The Morgan fingerprint density at radius 2 is 1.85 bits per heavy atom. The fourth-order valence-corrected chi connectivity index (χ4v) is 3.72. The molecule has 3 heterocycles. The van der Waals surface area contributed by atoms with Gasteiger partial charge in [-0.05, 0) is 12.3 Å². The highest BCUT2D eigenvalue weighted by atomic mass is 32.2. The molecule has 5 nitrogen and oxygen atoms in total. The normalized spacial score (nSPS) is 27.7. The van der Waals surface area contributed by atoms with E-state index in [1.54, 1.807) is 6.33 Å². The van der Waals surface area contributed by atoms with Gasteiger partial charge in [0.2, 0.25) is 0 Å². The molecule has 3 rings (SSSR count). The smallest absolute Gasteiger partial charge is 0.134 e. The first-order valence-electron chi connectivity index (χ1n) is 7.32. The van der Waals surface area contributed by atoms with E-state index in [-0.39, 0.29) is 6.10 Å². The molecule has 2 aliphatic heterocycles. The van der Waals surface area contributed by atoms with E-state index in [1.807, 2.05) is 11.8 Å². The predicted octanol–water partition coefficient (Wildman–Crippen LogP) is 1.24. The Bertz CT molecular complexity index is 453. The van der Waals surface area contributed by atoms with Crippen LogP contribution in [0.2, 0.25) is 0 Å². The van der Waals surface area contributed by atoms with E-state index in [1.165, 1.54) is 11.5 Å². The zero-order valence-electron chi connectivity index (χ0n) is 11.9. The van der Waals surface area contributed by atoms with Gasteiger partial charge in [0.25, 0.3) is 0 Å². The Balaban J connectivity index is 1.73. The third-order valence-corrected chi connectivity index (χ3v) is 5.10. The van der Waals surface area contributed by atoms with Gasteiger partial charge in [0, 0.05) is 43.8 Å². The molecule has 1 N–H and O–H groups in total. The number of anilines is 2. The second-order valence-corrected chi connectivity index (χ2v) is 6.84. The minimum Gasteiger partial charge on any atom is -0.393 e. The maximum Gasteiger partial charge on any atom is 0.134 e. The average Bonchev–Trinajstić information content (AvgIpc) is 2.51. The van der Waals surface area contributed by atoms with Gasteiger partial charge in [-0.3, -0.25) is 0 Å². The van der Waals surface area contributed by atoms with E-state index < -0.39 is 0 Å². The second-order valence-electron chi connectivity index (χ2n) is 5.61. The average molecular weight is 294 g/mol. The minimum absolute atomic E-state index is 0.174. The first-order chi connectivity index (χ1) is 9.74. The van der Waals surface area contributed by atoms with Crippen molar-refractivity contribution in [1.82, 2.24) is 9.97 Å². The molecule has 1 aromatic rings. The highest BCUT2D eigenvalue weighted by Crippen LogP contribution is 2.25. The zero-order valence-corrected chi connectivity index (χ0v) is 12.7. The molecule has 2 fully saturated rings. The SMILES string of the molecule is CC1CN(c2cc(N3CCSCC3)ncn2)CCC1O. The molecule has 20 heavy (non-hydrogen) atoms. The summed E-state index contributed by atoms with van der Waals surface area (Å²) in [7, 11) is 0. The van der Waals surface area contributed by atoms with Gasteiger partial charge < -0.3 is 14.9 Å². The highest BCUT2D eigenvalue weighted by molar-refractivity contribution is 7.99. The highest BCUT2D eigenvalue weighted by Gasteiger charge is 2.25. The van der Waals surface area contributed by atoms with Crippen molar-refractivity contribution in [3.8, 4) is 0 Å². The van der Waals surface area contributed by atoms with Gasteiger partial charge in [-0.15, -0.1) is 0 Å². The summed E-state index contributed by atoms with van der Waals surface area (Å²) >= 11 is 2.00. The van der Waals surface area contributed by atoms with Gasteiger partial charge >= 0.3 is 0 Å². The molecule has 2 aliphatic rings. The minimum atomic E-state index is -0.174. The van der Waals surface area contributed by atoms with Gasteiger partial charge in [-0.1, -0.05) is 6.92 Å². The number of nitrogens with zero attached hydrogens (tertiary/aromatic N) is 4. The van der Waals surface area contributed by atoms with Crippen LogP contribution in [-0.4, -0.2) is 58.9 Å². The lowest BCUT2D eigenvalue weighted by Gasteiger charge is -2.35. The summed E-state index contributed by atoms with van der Waals surface area (Å²) in [5.41, 5.74) is 0. The molecule has 2 unspecified atom stereocenters. The Kier molecular flexibility index (Phi) is 4.31. The van der Waals surface area contributed by atoms with Crippen molar-refractivity contribution in [2.24, 2.45) is 5.92 Å². The van der Waals surface area contributed by atoms with Crippen molar-refractivity contribution in [2.75, 3.05) is 47.5 Å². The molecule has 0 saturated carbocycles. The van der Waals surface area contributed by atoms with Crippen LogP contribution in [0.1, 0.15) is 13.3 Å². The number of rotatable bonds is 2. The molecule has 0 spiro atoms. The molecule has 6 heteroatoms. The van der Waals surface area contributed by atoms with Gasteiger partial charge in [0.1, 0.15) is 18.0 Å². The Hall–Kier alpha value is -1.01.